The van der Waals surface area contributed by atoms with Gasteiger partial charge in [0.05, 0.1) is 29.9 Å². The van der Waals surface area contributed by atoms with Gasteiger partial charge in [-0.05, 0) is 49.2 Å². The molecule has 34 heavy (non-hydrogen) atoms. The van der Waals surface area contributed by atoms with Gasteiger partial charge in [0.15, 0.2) is 5.78 Å². The van der Waals surface area contributed by atoms with Crippen molar-refractivity contribution in [2.75, 3.05) is 17.1 Å². The van der Waals surface area contributed by atoms with Crippen molar-refractivity contribution in [2.24, 2.45) is 0 Å². The van der Waals surface area contributed by atoms with Gasteiger partial charge in [-0.1, -0.05) is 24.3 Å². The highest BCUT2D eigenvalue weighted by Crippen LogP contribution is 2.25. The predicted molar refractivity (Wildman–Crippen MR) is 126 cm³/mol. The lowest BCUT2D eigenvalue weighted by Crippen LogP contribution is -2.31. The van der Waals surface area contributed by atoms with Crippen LogP contribution in [0.1, 0.15) is 59.6 Å². The van der Waals surface area contributed by atoms with Crippen LogP contribution in [-0.2, 0) is 10.0 Å². The number of carbonyl (C=O) groups is 2. The van der Waals surface area contributed by atoms with E-state index in [4.69, 9.17) is 0 Å². The summed E-state index contributed by atoms with van der Waals surface area (Å²) in [6.45, 7) is 5.17. The van der Waals surface area contributed by atoms with Gasteiger partial charge < -0.3 is 5.32 Å². The Morgan fingerprint density at radius 2 is 1.85 bits per heavy atom. The maximum Gasteiger partial charge on any atom is 0.251 e. The van der Waals surface area contributed by atoms with Crippen molar-refractivity contribution in [1.29, 1.82) is 0 Å². The number of Topliss-reactive ketones (excluding diaryl/α,β-unsaturated/α-hetero) is 1. The molecule has 0 bridgehead atoms. The van der Waals surface area contributed by atoms with Crippen LogP contribution in [0.25, 0.3) is 5.69 Å². The Morgan fingerprint density at radius 3 is 2.41 bits per heavy atom. The molecule has 2 aromatic carbocycles. The van der Waals surface area contributed by atoms with E-state index in [0.717, 1.165) is 6.26 Å². The monoisotopic (exact) mass is 487 g/mol. The van der Waals surface area contributed by atoms with Crippen LogP contribution in [0.3, 0.4) is 0 Å². The number of nitrogens with zero attached hydrogens (tertiary/aromatic N) is 4. The third-order valence-corrected chi connectivity index (χ3v) is 6.31. The van der Waals surface area contributed by atoms with Crippen LogP contribution >= 0.6 is 0 Å². The summed E-state index contributed by atoms with van der Waals surface area (Å²) in [5, 5.41) is 10.6. The van der Waals surface area contributed by atoms with Crippen LogP contribution in [-0.4, -0.2) is 47.9 Å². The molecule has 1 atom stereocenters. The van der Waals surface area contributed by atoms with Crippen molar-refractivity contribution in [3.8, 4) is 5.69 Å². The second kappa shape index (κ2) is 10.1. The standard InChI is InChI=1S/C23H26FN5O4S/c1-5-10-29(34(4,32)33)21-12-18(11-20(13-21)28-14-22(16(3)30)26-27-28)23(31)25-15(2)17-6-8-19(24)9-7-17/h6-9,11-15H,5,10H2,1-4H3,(H,25,31)/t15-/m1/s1. The van der Waals surface area contributed by atoms with Gasteiger partial charge in [0.2, 0.25) is 10.0 Å². The molecule has 1 heterocycles. The van der Waals surface area contributed by atoms with Gasteiger partial charge in [-0.2, -0.15) is 0 Å². The summed E-state index contributed by atoms with van der Waals surface area (Å²) in [4.78, 5) is 24.8. The fourth-order valence-electron chi connectivity index (χ4n) is 3.36. The van der Waals surface area contributed by atoms with E-state index in [1.807, 2.05) is 6.92 Å². The highest BCUT2D eigenvalue weighted by molar-refractivity contribution is 7.92. The van der Waals surface area contributed by atoms with E-state index >= 15 is 0 Å². The molecule has 1 amide bonds. The van der Waals surface area contributed by atoms with Crippen LogP contribution in [0.2, 0.25) is 0 Å². The molecule has 3 rings (SSSR count). The first-order valence-corrected chi connectivity index (χ1v) is 12.5. The molecule has 0 radical (unpaired) electrons. The number of nitrogens with one attached hydrogen (secondary N) is 1. The van der Waals surface area contributed by atoms with E-state index in [2.05, 4.69) is 15.6 Å². The second-order valence-corrected chi connectivity index (χ2v) is 9.83. The molecule has 0 saturated carbocycles. The van der Waals surface area contributed by atoms with E-state index in [9.17, 15) is 22.4 Å². The molecule has 1 aromatic heterocycles. The van der Waals surface area contributed by atoms with E-state index in [-0.39, 0.29) is 35.1 Å². The zero-order valence-electron chi connectivity index (χ0n) is 19.3. The van der Waals surface area contributed by atoms with Crippen molar-refractivity contribution in [2.45, 2.75) is 33.2 Å². The molecule has 0 aliphatic rings. The van der Waals surface area contributed by atoms with Crippen LogP contribution in [0.5, 0.6) is 0 Å². The Morgan fingerprint density at radius 1 is 1.18 bits per heavy atom. The van der Waals surface area contributed by atoms with Crippen LogP contribution in [0.4, 0.5) is 10.1 Å². The molecule has 9 nitrogen and oxygen atoms in total. The molecule has 3 aromatic rings. The Bertz CT molecular complexity index is 1310. The van der Waals surface area contributed by atoms with Crippen molar-refractivity contribution in [3.05, 3.63) is 71.3 Å². The van der Waals surface area contributed by atoms with Crippen LogP contribution in [0, 0.1) is 5.82 Å². The number of rotatable bonds is 9. The molecule has 0 fully saturated rings. The van der Waals surface area contributed by atoms with E-state index in [1.165, 1.54) is 46.4 Å². The summed E-state index contributed by atoms with van der Waals surface area (Å²) >= 11 is 0. The highest BCUT2D eigenvalue weighted by Gasteiger charge is 2.21. The summed E-state index contributed by atoms with van der Waals surface area (Å²) in [5.74, 6) is -1.12. The predicted octanol–water partition coefficient (Wildman–Crippen LogP) is 3.28. The normalized spacial score (nSPS) is 12.3. The molecule has 180 valence electrons. The first kappa shape index (κ1) is 25.0. The number of sulfonamides is 1. The van der Waals surface area contributed by atoms with Gasteiger partial charge in [0.25, 0.3) is 5.91 Å². The maximum atomic E-state index is 13.2. The molecular formula is C23H26FN5O4S. The van der Waals surface area contributed by atoms with Gasteiger partial charge in [-0.3, -0.25) is 13.9 Å². The summed E-state index contributed by atoms with van der Waals surface area (Å²) < 4.78 is 40.7. The first-order valence-electron chi connectivity index (χ1n) is 10.6. The lowest BCUT2D eigenvalue weighted by Gasteiger charge is -2.23. The Hall–Kier alpha value is -3.60. The van der Waals surface area contributed by atoms with Crippen molar-refractivity contribution >= 4 is 27.4 Å². The zero-order chi connectivity index (χ0) is 25.0. The van der Waals surface area contributed by atoms with Crippen molar-refractivity contribution in [1.82, 2.24) is 20.3 Å². The molecule has 11 heteroatoms. The minimum Gasteiger partial charge on any atom is -0.346 e. The fraction of sp³-hybridized carbons (Fsp3) is 0.304. The number of aromatic nitrogens is 3. The molecule has 0 spiro atoms. The summed E-state index contributed by atoms with van der Waals surface area (Å²) in [5.41, 5.74) is 1.67. The molecule has 0 unspecified atom stereocenters. The minimum atomic E-state index is -3.63. The zero-order valence-corrected chi connectivity index (χ0v) is 20.1. The Labute approximate surface area is 197 Å². The lowest BCUT2D eigenvalue weighted by atomic mass is 10.1. The number of amides is 1. The van der Waals surface area contributed by atoms with Crippen LogP contribution in [0.15, 0.2) is 48.7 Å². The fourth-order valence-corrected chi connectivity index (χ4v) is 4.36. The van der Waals surface area contributed by atoms with Gasteiger partial charge in [-0.25, -0.2) is 17.5 Å². The van der Waals surface area contributed by atoms with Crippen molar-refractivity contribution in [3.63, 3.8) is 0 Å². The SMILES string of the molecule is CCCN(c1cc(C(=O)N[C@H](C)c2ccc(F)cc2)cc(-n2cc(C(C)=O)nn2)c1)S(C)(=O)=O. The second-order valence-electron chi connectivity index (χ2n) is 7.92. The lowest BCUT2D eigenvalue weighted by molar-refractivity contribution is 0.0939. The van der Waals surface area contributed by atoms with Gasteiger partial charge in [0, 0.05) is 19.0 Å². The molecule has 0 saturated heterocycles. The third kappa shape index (κ3) is 5.84. The maximum absolute atomic E-state index is 13.2. The quantitative estimate of drug-likeness (QED) is 0.464. The number of ketones is 1. The van der Waals surface area contributed by atoms with E-state index in [1.54, 1.807) is 25.1 Å². The number of benzene rings is 2. The molecule has 0 aliphatic carbocycles. The first-order chi connectivity index (χ1) is 16.0. The molecule has 1 N–H and O–H groups in total. The largest absolute Gasteiger partial charge is 0.346 e. The topological polar surface area (TPSA) is 114 Å². The smallest absolute Gasteiger partial charge is 0.251 e. The van der Waals surface area contributed by atoms with Gasteiger partial charge in [-0.15, -0.1) is 5.10 Å². The van der Waals surface area contributed by atoms with Crippen molar-refractivity contribution < 1.29 is 22.4 Å². The number of anilines is 1. The Kier molecular flexibility index (Phi) is 7.45. The summed E-state index contributed by atoms with van der Waals surface area (Å²) in [7, 11) is -3.63. The van der Waals surface area contributed by atoms with Gasteiger partial charge in [0.1, 0.15) is 11.5 Å². The molecular weight excluding hydrogens is 461 g/mol. The number of hydrogen-bond acceptors (Lipinski definition) is 6. The average molecular weight is 488 g/mol. The van der Waals surface area contributed by atoms with Gasteiger partial charge >= 0.3 is 0 Å². The Balaban J connectivity index is 2.04. The molecule has 0 aliphatic heterocycles. The highest BCUT2D eigenvalue weighted by atomic mass is 32.2. The third-order valence-electron chi connectivity index (χ3n) is 5.12. The summed E-state index contributed by atoms with van der Waals surface area (Å²) in [6, 6.07) is 9.91. The number of halogens is 1. The van der Waals surface area contributed by atoms with E-state index in [0.29, 0.717) is 17.7 Å². The average Bonchev–Trinajstić information content (AvgIpc) is 3.27. The van der Waals surface area contributed by atoms with Crippen LogP contribution < -0.4 is 9.62 Å². The number of carbonyl (C=O) groups excluding carboxylic acids is 2. The number of hydrogen-bond donors (Lipinski definition) is 1. The minimum absolute atomic E-state index is 0.134. The van der Waals surface area contributed by atoms with E-state index < -0.39 is 22.0 Å². The summed E-state index contributed by atoms with van der Waals surface area (Å²) in [6.07, 6.45) is 3.06.